The molecule has 2 aromatic heterocycles. The minimum atomic E-state index is 0.531. The molecular formula is C20H19BIN4O-. The van der Waals surface area contributed by atoms with Gasteiger partial charge in [0.25, 0.3) is 0 Å². The molecule has 0 radical (unpaired) electrons. The number of hydrogen-bond donors (Lipinski definition) is 1. The van der Waals surface area contributed by atoms with Gasteiger partial charge in [-0.2, -0.15) is 0 Å². The van der Waals surface area contributed by atoms with Crippen LogP contribution in [0.3, 0.4) is 0 Å². The molecule has 0 fully saturated rings. The van der Waals surface area contributed by atoms with Gasteiger partial charge in [0, 0.05) is 23.2 Å². The summed E-state index contributed by atoms with van der Waals surface area (Å²) in [7, 11) is 0. The third-order valence-electron chi connectivity index (χ3n) is 3.84. The first kappa shape index (κ1) is 19.1. The normalized spacial score (nSPS) is 10.0. The fourth-order valence-electron chi connectivity index (χ4n) is 2.67. The Hall–Kier alpha value is -2.68. The number of nitrogens with zero attached hydrogens (tertiary/aromatic N) is 3. The summed E-state index contributed by atoms with van der Waals surface area (Å²) in [6.45, 7) is 1.91. The largest absolute Gasteiger partial charge is 0.365 e. The van der Waals surface area contributed by atoms with Crippen LogP contribution in [0.5, 0.6) is 0 Å². The van der Waals surface area contributed by atoms with Crippen LogP contribution in [-0.4, -0.2) is 20.8 Å². The van der Waals surface area contributed by atoms with E-state index in [1.807, 2.05) is 73.7 Å². The topological polar surface area (TPSA) is 63.8 Å². The first-order valence-corrected chi connectivity index (χ1v) is 7.98. The highest BCUT2D eigenvalue weighted by molar-refractivity contribution is 14.1. The van der Waals surface area contributed by atoms with E-state index in [0.29, 0.717) is 11.7 Å². The lowest BCUT2D eigenvalue weighted by atomic mass is 10.0. The minimum absolute atomic E-state index is 0.531. The summed E-state index contributed by atoms with van der Waals surface area (Å²) in [6.07, 6.45) is 1.73. The fraction of sp³-hybridized carbons (Fsp3) is 0.0500. The van der Waals surface area contributed by atoms with Crippen LogP contribution in [0.2, 0.25) is 0 Å². The predicted molar refractivity (Wildman–Crippen MR) is 121 cm³/mol. The Labute approximate surface area is 172 Å². The van der Waals surface area contributed by atoms with Crippen molar-refractivity contribution in [2.75, 3.05) is 5.32 Å². The van der Waals surface area contributed by atoms with Gasteiger partial charge in [-0.3, -0.25) is 0 Å². The van der Waals surface area contributed by atoms with Gasteiger partial charge in [0.15, 0.2) is 5.76 Å². The second-order valence-electron chi connectivity index (χ2n) is 5.59. The molecule has 136 valence electrons. The predicted octanol–water partition coefficient (Wildman–Crippen LogP) is 4.55. The van der Waals surface area contributed by atoms with Crippen molar-refractivity contribution >= 4 is 39.7 Å². The molecule has 0 aliphatic rings. The van der Waals surface area contributed by atoms with E-state index in [-0.39, 0.29) is 0 Å². The third-order valence-corrected chi connectivity index (χ3v) is 3.84. The molecule has 0 spiro atoms. The van der Waals surface area contributed by atoms with Gasteiger partial charge in [0.05, 0.1) is 17.0 Å². The maximum atomic E-state index is 5.56. The molecule has 0 atom stereocenters. The van der Waals surface area contributed by atoms with Gasteiger partial charge in [-0.15, -0.1) is 0 Å². The maximum Gasteiger partial charge on any atom is 0.227 e. The average Bonchev–Trinajstić information content (AvgIpc) is 3.13. The Kier molecular flexibility index (Phi) is 6.59. The zero-order chi connectivity index (χ0) is 19.1. The quantitative estimate of drug-likeness (QED) is 0.351. The number of nitrogens with one attached hydrogen (secondary N) is 1. The summed E-state index contributed by atoms with van der Waals surface area (Å²) < 4.78 is 5.56. The standard InChI is InChI=1S/C20H16N4O.BH3I/c1-14-18(19(25-24-14)15-8-4-2-5-9-15)17-12-13-21-20(23-17)22-16-10-6-3-7-11-16;1-2/h2-13H,1H3,(H,21,22,23);1H3/q;-1. The van der Waals surface area contributed by atoms with E-state index < -0.39 is 0 Å². The number of para-hydroxylation sites is 1. The van der Waals surface area contributed by atoms with Crippen molar-refractivity contribution in [3.8, 4) is 22.6 Å². The minimum Gasteiger partial charge on any atom is -0.365 e. The number of benzene rings is 2. The Morgan fingerprint density at radius 3 is 2.30 bits per heavy atom. The van der Waals surface area contributed by atoms with E-state index in [4.69, 9.17) is 4.52 Å². The molecule has 0 unspecified atom stereocenters. The zero-order valence-corrected chi connectivity index (χ0v) is 16.2. The van der Waals surface area contributed by atoms with E-state index in [1.165, 1.54) is 0 Å². The highest BCUT2D eigenvalue weighted by Crippen LogP contribution is 2.34. The zero-order valence-electron chi connectivity index (χ0n) is 14.1. The molecule has 4 aromatic rings. The molecule has 27 heavy (non-hydrogen) atoms. The van der Waals surface area contributed by atoms with E-state index in [0.717, 1.165) is 33.9 Å². The Balaban J connectivity index is 0.00000102. The van der Waals surface area contributed by atoms with Gasteiger partial charge in [0.2, 0.25) is 5.95 Å². The van der Waals surface area contributed by atoms with Crippen LogP contribution < -0.4 is 5.32 Å². The van der Waals surface area contributed by atoms with Gasteiger partial charge in [0.1, 0.15) is 0 Å². The van der Waals surface area contributed by atoms with Crippen molar-refractivity contribution in [3.63, 3.8) is 0 Å². The number of rotatable bonds is 4. The van der Waals surface area contributed by atoms with Crippen molar-refractivity contribution in [2.45, 2.75) is 6.92 Å². The number of hydrogen-bond acceptors (Lipinski definition) is 5. The summed E-state index contributed by atoms with van der Waals surface area (Å²) in [5, 5.41) is 7.34. The molecule has 0 aliphatic carbocycles. The van der Waals surface area contributed by atoms with Gasteiger partial charge in [-0.05, 0) is 25.1 Å². The molecule has 1 N–H and O–H groups in total. The number of anilines is 2. The lowest BCUT2D eigenvalue weighted by Gasteiger charge is -2.07. The summed E-state index contributed by atoms with van der Waals surface area (Å²) >= 11 is 2.40. The number of aromatic nitrogens is 3. The van der Waals surface area contributed by atoms with Crippen molar-refractivity contribution in [3.05, 3.63) is 78.6 Å². The number of aryl methyl sites for hydroxylation is 1. The summed E-state index contributed by atoms with van der Waals surface area (Å²) in [6, 6.07) is 21.6. The smallest absolute Gasteiger partial charge is 0.227 e. The maximum absolute atomic E-state index is 5.56. The van der Waals surface area contributed by atoms with Crippen LogP contribution in [-0.2, 0) is 0 Å². The lowest BCUT2D eigenvalue weighted by molar-refractivity contribution is 0.427. The molecule has 0 saturated carbocycles. The average molecular weight is 469 g/mol. The van der Waals surface area contributed by atoms with E-state index in [9.17, 15) is 0 Å². The Morgan fingerprint density at radius 1 is 0.926 bits per heavy atom. The van der Waals surface area contributed by atoms with E-state index in [2.05, 4.69) is 42.8 Å². The monoisotopic (exact) mass is 469 g/mol. The third kappa shape index (κ3) is 4.54. The molecule has 2 heterocycles. The summed E-state index contributed by atoms with van der Waals surface area (Å²) in [5.74, 6) is 1.24. The van der Waals surface area contributed by atoms with E-state index in [1.54, 1.807) is 6.20 Å². The second kappa shape index (κ2) is 9.32. The van der Waals surface area contributed by atoms with Gasteiger partial charge >= 0.3 is 0 Å². The lowest BCUT2D eigenvalue weighted by Crippen LogP contribution is -1.98. The van der Waals surface area contributed by atoms with Crippen molar-refractivity contribution in [2.24, 2.45) is 0 Å². The molecule has 0 bridgehead atoms. The Morgan fingerprint density at radius 2 is 1.59 bits per heavy atom. The van der Waals surface area contributed by atoms with Crippen LogP contribution in [0.1, 0.15) is 5.69 Å². The highest BCUT2D eigenvalue weighted by Gasteiger charge is 2.18. The molecule has 0 amide bonds. The molecule has 2 aromatic carbocycles. The first-order valence-electron chi connectivity index (χ1n) is 7.98. The molecule has 5 nitrogen and oxygen atoms in total. The van der Waals surface area contributed by atoms with Crippen LogP contribution in [0.4, 0.5) is 11.6 Å². The molecule has 4 rings (SSSR count). The van der Waals surface area contributed by atoms with Crippen molar-refractivity contribution in [1.82, 2.24) is 15.1 Å². The van der Waals surface area contributed by atoms with Gasteiger partial charge in [-0.1, -0.05) is 53.7 Å². The fourth-order valence-corrected chi connectivity index (χ4v) is 2.67. The van der Waals surface area contributed by atoms with Crippen LogP contribution >= 0.6 is 22.4 Å². The summed E-state index contributed by atoms with van der Waals surface area (Å²) in [4.78, 5) is 8.94. The molecule has 7 heteroatoms. The Bertz CT molecular complexity index is 993. The first-order chi connectivity index (χ1) is 13.3. The molecule has 0 aliphatic heterocycles. The molecule has 0 saturated heterocycles. The van der Waals surface area contributed by atoms with E-state index >= 15 is 0 Å². The van der Waals surface area contributed by atoms with Crippen molar-refractivity contribution < 1.29 is 4.52 Å². The summed E-state index contributed by atoms with van der Waals surface area (Å²) in [5.41, 5.74) is 5.07. The van der Waals surface area contributed by atoms with Crippen LogP contribution in [0.25, 0.3) is 22.6 Å². The van der Waals surface area contributed by atoms with Gasteiger partial charge in [-0.25, -0.2) is 9.97 Å². The molecular weight excluding hydrogens is 450 g/mol. The van der Waals surface area contributed by atoms with Crippen LogP contribution in [0, 0.1) is 6.92 Å². The second-order valence-corrected chi connectivity index (χ2v) is 5.59. The van der Waals surface area contributed by atoms with Crippen LogP contribution in [0.15, 0.2) is 77.4 Å². The number of halogens is 1. The highest BCUT2D eigenvalue weighted by atomic mass is 127. The SMILES string of the molecule is Cc1noc(-c2ccccc2)c1-c1ccnc(Nc2ccccc2)n1.[BH3-]I. The van der Waals surface area contributed by atoms with Gasteiger partial charge < -0.3 is 32.2 Å². The van der Waals surface area contributed by atoms with Crippen molar-refractivity contribution in [1.29, 1.82) is 0 Å².